The monoisotopic (exact) mass is 388 g/mol. The van der Waals surface area contributed by atoms with Crippen LogP contribution < -0.4 is 10.6 Å². The molecule has 3 rings (SSSR count). The number of rotatable bonds is 4. The minimum Gasteiger partial charge on any atom is -0.365 e. The van der Waals surface area contributed by atoms with Crippen LogP contribution in [0.5, 0.6) is 0 Å². The summed E-state index contributed by atoms with van der Waals surface area (Å²) in [5, 5.41) is 0. The van der Waals surface area contributed by atoms with Crippen LogP contribution in [0.4, 0.5) is 5.82 Å². The van der Waals surface area contributed by atoms with Gasteiger partial charge in [-0.1, -0.05) is 0 Å². The number of carbonyl (C=O) groups excluding carboxylic acids is 2. The van der Waals surface area contributed by atoms with Gasteiger partial charge in [-0.3, -0.25) is 9.59 Å². The fraction of sp³-hybridized carbons (Fsp3) is 0.650. The van der Waals surface area contributed by atoms with Gasteiger partial charge in [0.15, 0.2) is 0 Å². The standard InChI is InChI=1S/C20H32N6O2/c1-23(2)16-7-6-15(13-24(3)14-16)20(28)26-11-9-25(10-12-26)19-17(18(21)27)5-4-8-22-19/h4-5,8,15-16H,6-7,9-14H2,1-3H3,(H2,21,27)/t15-,16+/m1/s1. The number of anilines is 1. The van der Waals surface area contributed by atoms with Gasteiger partial charge in [0.2, 0.25) is 5.91 Å². The minimum atomic E-state index is -0.474. The zero-order chi connectivity index (χ0) is 20.3. The molecule has 1 aromatic rings. The molecule has 0 aliphatic carbocycles. The van der Waals surface area contributed by atoms with Gasteiger partial charge in [-0.05, 0) is 46.1 Å². The van der Waals surface area contributed by atoms with Gasteiger partial charge in [-0.15, -0.1) is 0 Å². The summed E-state index contributed by atoms with van der Waals surface area (Å²) in [6.07, 6.45) is 3.64. The number of likely N-dealkylation sites (tertiary alicyclic amines) is 1. The van der Waals surface area contributed by atoms with Crippen LogP contribution in [0.3, 0.4) is 0 Å². The summed E-state index contributed by atoms with van der Waals surface area (Å²) in [5.74, 6) is 0.447. The zero-order valence-corrected chi connectivity index (χ0v) is 17.2. The lowest BCUT2D eigenvalue weighted by Crippen LogP contribution is -2.51. The number of pyridine rings is 1. The van der Waals surface area contributed by atoms with Crippen molar-refractivity contribution >= 4 is 17.6 Å². The molecule has 2 aliphatic rings. The molecule has 2 aliphatic heterocycles. The second-order valence-electron chi connectivity index (χ2n) is 8.16. The number of aromatic nitrogens is 1. The van der Waals surface area contributed by atoms with E-state index in [1.54, 1.807) is 18.3 Å². The van der Waals surface area contributed by atoms with Crippen molar-refractivity contribution < 1.29 is 9.59 Å². The number of hydrogen-bond donors (Lipinski definition) is 1. The molecule has 0 saturated carbocycles. The summed E-state index contributed by atoms with van der Waals surface area (Å²) in [6.45, 7) is 4.42. The highest BCUT2D eigenvalue weighted by Gasteiger charge is 2.32. The third-order valence-corrected chi connectivity index (χ3v) is 5.93. The molecule has 1 aromatic heterocycles. The van der Waals surface area contributed by atoms with Crippen LogP contribution in [0.2, 0.25) is 0 Å². The third kappa shape index (κ3) is 4.62. The molecule has 2 N–H and O–H groups in total. The average Bonchev–Trinajstić information content (AvgIpc) is 2.89. The molecule has 28 heavy (non-hydrogen) atoms. The van der Waals surface area contributed by atoms with E-state index in [0.717, 1.165) is 25.9 Å². The number of nitrogens with zero attached hydrogens (tertiary/aromatic N) is 5. The highest BCUT2D eigenvalue weighted by molar-refractivity contribution is 5.97. The largest absolute Gasteiger partial charge is 0.365 e. The number of amides is 2. The average molecular weight is 389 g/mol. The Bertz CT molecular complexity index is 702. The summed E-state index contributed by atoms with van der Waals surface area (Å²) < 4.78 is 0. The molecular weight excluding hydrogens is 356 g/mol. The summed E-state index contributed by atoms with van der Waals surface area (Å²) in [4.78, 5) is 37.7. The van der Waals surface area contributed by atoms with Crippen LogP contribution in [0.1, 0.15) is 23.2 Å². The highest BCUT2D eigenvalue weighted by Crippen LogP contribution is 2.23. The summed E-state index contributed by atoms with van der Waals surface area (Å²) in [7, 11) is 6.32. The number of primary amides is 1. The van der Waals surface area contributed by atoms with E-state index in [9.17, 15) is 9.59 Å². The molecule has 2 amide bonds. The number of hydrogen-bond acceptors (Lipinski definition) is 6. The van der Waals surface area contributed by atoms with Crippen LogP contribution >= 0.6 is 0 Å². The number of nitrogens with two attached hydrogens (primary N) is 1. The Morgan fingerprint density at radius 3 is 2.50 bits per heavy atom. The Balaban J connectivity index is 1.60. The Hall–Kier alpha value is -2.19. The molecule has 0 unspecified atom stereocenters. The van der Waals surface area contributed by atoms with E-state index in [2.05, 4.69) is 35.9 Å². The predicted molar refractivity (Wildman–Crippen MR) is 109 cm³/mol. The lowest BCUT2D eigenvalue weighted by molar-refractivity contribution is -0.136. The molecule has 0 bridgehead atoms. The minimum absolute atomic E-state index is 0.0533. The van der Waals surface area contributed by atoms with E-state index in [-0.39, 0.29) is 11.8 Å². The van der Waals surface area contributed by atoms with Crippen LogP contribution in [0.25, 0.3) is 0 Å². The molecule has 2 atom stereocenters. The van der Waals surface area contributed by atoms with Crippen molar-refractivity contribution in [3.63, 3.8) is 0 Å². The van der Waals surface area contributed by atoms with Crippen molar-refractivity contribution in [2.45, 2.75) is 18.9 Å². The Morgan fingerprint density at radius 1 is 1.14 bits per heavy atom. The van der Waals surface area contributed by atoms with Crippen LogP contribution in [-0.4, -0.2) is 98.0 Å². The van der Waals surface area contributed by atoms with Crippen molar-refractivity contribution in [1.29, 1.82) is 0 Å². The van der Waals surface area contributed by atoms with E-state index in [4.69, 9.17) is 5.73 Å². The molecule has 8 heteroatoms. The molecule has 0 spiro atoms. The first kappa shape index (κ1) is 20.5. The summed E-state index contributed by atoms with van der Waals surface area (Å²) >= 11 is 0. The second kappa shape index (κ2) is 8.87. The van der Waals surface area contributed by atoms with Crippen molar-refractivity contribution in [2.75, 3.05) is 65.3 Å². The molecular formula is C20H32N6O2. The Labute approximate surface area is 167 Å². The van der Waals surface area contributed by atoms with Gasteiger partial charge >= 0.3 is 0 Å². The first-order valence-corrected chi connectivity index (χ1v) is 10.0. The quantitative estimate of drug-likeness (QED) is 0.787. The summed E-state index contributed by atoms with van der Waals surface area (Å²) in [5.41, 5.74) is 5.91. The zero-order valence-electron chi connectivity index (χ0n) is 17.2. The maximum atomic E-state index is 13.1. The highest BCUT2D eigenvalue weighted by atomic mass is 16.2. The Kier molecular flexibility index (Phi) is 6.51. The van der Waals surface area contributed by atoms with Crippen molar-refractivity contribution in [1.82, 2.24) is 19.7 Å². The molecule has 2 fully saturated rings. The second-order valence-corrected chi connectivity index (χ2v) is 8.16. The smallest absolute Gasteiger partial charge is 0.252 e. The van der Waals surface area contributed by atoms with Gasteiger partial charge in [0.05, 0.1) is 11.5 Å². The summed E-state index contributed by atoms with van der Waals surface area (Å²) in [6, 6.07) is 3.91. The van der Waals surface area contributed by atoms with Crippen molar-refractivity contribution in [3.05, 3.63) is 23.9 Å². The normalized spacial score (nSPS) is 24.3. The van der Waals surface area contributed by atoms with E-state index in [1.165, 1.54) is 0 Å². The van der Waals surface area contributed by atoms with Crippen LogP contribution in [0, 0.1) is 5.92 Å². The molecule has 0 radical (unpaired) electrons. The first-order chi connectivity index (χ1) is 13.4. The maximum absolute atomic E-state index is 13.1. The molecule has 154 valence electrons. The van der Waals surface area contributed by atoms with E-state index in [0.29, 0.717) is 43.6 Å². The third-order valence-electron chi connectivity index (χ3n) is 5.93. The van der Waals surface area contributed by atoms with Crippen molar-refractivity contribution in [3.8, 4) is 0 Å². The SMILES string of the molecule is CN1C[C@H](C(=O)N2CCN(c3ncccc3C(N)=O)CC2)CC[C@H](N(C)C)C1. The maximum Gasteiger partial charge on any atom is 0.252 e. The van der Waals surface area contributed by atoms with Gasteiger partial charge in [-0.2, -0.15) is 0 Å². The fourth-order valence-electron chi connectivity index (χ4n) is 4.25. The van der Waals surface area contributed by atoms with Gasteiger partial charge in [0, 0.05) is 51.5 Å². The van der Waals surface area contributed by atoms with E-state index < -0.39 is 5.91 Å². The van der Waals surface area contributed by atoms with Crippen molar-refractivity contribution in [2.24, 2.45) is 11.7 Å². The lowest BCUT2D eigenvalue weighted by Gasteiger charge is -2.37. The van der Waals surface area contributed by atoms with Crippen LogP contribution in [-0.2, 0) is 4.79 Å². The van der Waals surface area contributed by atoms with E-state index in [1.807, 2.05) is 9.80 Å². The molecule has 2 saturated heterocycles. The molecule has 8 nitrogen and oxygen atoms in total. The molecule has 3 heterocycles. The fourth-order valence-corrected chi connectivity index (χ4v) is 4.25. The van der Waals surface area contributed by atoms with Crippen LogP contribution in [0.15, 0.2) is 18.3 Å². The van der Waals surface area contributed by atoms with Gasteiger partial charge in [0.1, 0.15) is 5.82 Å². The number of likely N-dealkylation sites (N-methyl/N-ethyl adjacent to an activating group) is 2. The topological polar surface area (TPSA) is 86.0 Å². The predicted octanol–water partition coefficient (Wildman–Crippen LogP) is 0.101. The van der Waals surface area contributed by atoms with Gasteiger partial charge in [-0.25, -0.2) is 4.98 Å². The lowest BCUT2D eigenvalue weighted by atomic mass is 9.99. The number of piperazine rings is 1. The molecule has 0 aromatic carbocycles. The number of carbonyl (C=O) groups is 2. The Morgan fingerprint density at radius 2 is 1.86 bits per heavy atom. The van der Waals surface area contributed by atoms with Gasteiger partial charge in [0.25, 0.3) is 5.91 Å². The van der Waals surface area contributed by atoms with E-state index >= 15 is 0 Å². The van der Waals surface area contributed by atoms with Gasteiger partial charge < -0.3 is 25.3 Å². The first-order valence-electron chi connectivity index (χ1n) is 10.0.